The van der Waals surface area contributed by atoms with E-state index < -0.39 is 11.4 Å². The van der Waals surface area contributed by atoms with E-state index in [0.717, 1.165) is 0 Å². The highest BCUT2D eigenvalue weighted by Crippen LogP contribution is 2.38. The normalized spacial score (nSPS) is 23.3. The zero-order valence-corrected chi connectivity index (χ0v) is 12.6. The molecular weight excluding hydrogens is 272 g/mol. The van der Waals surface area contributed by atoms with Crippen LogP contribution in [0.2, 0.25) is 0 Å². The van der Waals surface area contributed by atoms with Crippen molar-refractivity contribution in [2.45, 2.75) is 33.2 Å². The van der Waals surface area contributed by atoms with Crippen LogP contribution in [0.1, 0.15) is 39.1 Å². The number of carboxylic acid groups (broad SMARTS) is 1. The van der Waals surface area contributed by atoms with Gasteiger partial charge in [0, 0.05) is 25.5 Å². The molecule has 2 rings (SSSR count). The van der Waals surface area contributed by atoms with E-state index in [9.17, 15) is 14.7 Å². The summed E-state index contributed by atoms with van der Waals surface area (Å²) in [4.78, 5) is 32.5. The molecular formula is C14H22N4O3. The molecule has 21 heavy (non-hydrogen) atoms. The number of aromatic nitrogens is 2. The molecule has 1 fully saturated rings. The molecule has 0 saturated carbocycles. The summed E-state index contributed by atoms with van der Waals surface area (Å²) in [6.07, 6.45) is 3.81. The second-order valence-corrected chi connectivity index (χ2v) is 5.93. The van der Waals surface area contributed by atoms with Gasteiger partial charge in [-0.25, -0.2) is 9.78 Å². The van der Waals surface area contributed by atoms with Crippen LogP contribution < -0.4 is 5.32 Å². The minimum absolute atomic E-state index is 0.0182. The Morgan fingerprint density at radius 1 is 1.48 bits per heavy atom. The van der Waals surface area contributed by atoms with Gasteiger partial charge in [-0.3, -0.25) is 4.79 Å². The van der Waals surface area contributed by atoms with Crippen molar-refractivity contribution in [2.24, 2.45) is 11.3 Å². The fraction of sp³-hybridized carbons (Fsp3) is 0.643. The minimum atomic E-state index is -0.842. The number of rotatable bonds is 4. The van der Waals surface area contributed by atoms with Crippen LogP contribution in [-0.4, -0.2) is 45.1 Å². The van der Waals surface area contributed by atoms with Crippen molar-refractivity contribution in [1.82, 2.24) is 20.2 Å². The molecule has 7 nitrogen and oxygen atoms in total. The maximum Gasteiger partial charge on any atom is 0.318 e. The number of carbonyl (C=O) groups excluding carboxylic acids is 1. The Kier molecular flexibility index (Phi) is 4.20. The molecule has 7 heteroatoms. The number of carboxylic acids is 1. The van der Waals surface area contributed by atoms with Gasteiger partial charge in [0.05, 0.1) is 11.5 Å². The molecule has 0 aliphatic carbocycles. The highest BCUT2D eigenvalue weighted by molar-refractivity contribution is 5.80. The van der Waals surface area contributed by atoms with Gasteiger partial charge in [0.15, 0.2) is 0 Å². The molecule has 1 saturated heterocycles. The number of imidazole rings is 1. The van der Waals surface area contributed by atoms with Gasteiger partial charge in [0.25, 0.3) is 0 Å². The zero-order chi connectivity index (χ0) is 15.6. The molecule has 1 aromatic rings. The predicted octanol–water partition coefficient (Wildman–Crippen LogP) is 1.61. The Hall–Kier alpha value is -2.05. The first kappa shape index (κ1) is 15.3. The van der Waals surface area contributed by atoms with E-state index in [1.165, 1.54) is 0 Å². The highest BCUT2D eigenvalue weighted by atomic mass is 16.4. The smallest absolute Gasteiger partial charge is 0.318 e. The third kappa shape index (κ3) is 2.86. The summed E-state index contributed by atoms with van der Waals surface area (Å²) in [7, 11) is 0. The quantitative estimate of drug-likeness (QED) is 0.785. The largest absolute Gasteiger partial charge is 0.481 e. The number of nitrogens with one attached hydrogen (secondary N) is 2. The van der Waals surface area contributed by atoms with Crippen LogP contribution in [0, 0.1) is 11.3 Å². The van der Waals surface area contributed by atoms with E-state index in [1.54, 1.807) is 17.3 Å². The molecule has 1 aliphatic rings. The maximum atomic E-state index is 12.3. The molecule has 0 bridgehead atoms. The Morgan fingerprint density at radius 3 is 2.67 bits per heavy atom. The lowest BCUT2D eigenvalue weighted by molar-refractivity contribution is -0.150. The zero-order valence-electron chi connectivity index (χ0n) is 12.6. The monoisotopic (exact) mass is 294 g/mol. The molecule has 1 aliphatic heterocycles. The van der Waals surface area contributed by atoms with Crippen LogP contribution >= 0.6 is 0 Å². The molecule has 2 heterocycles. The van der Waals surface area contributed by atoms with Gasteiger partial charge in [-0.2, -0.15) is 0 Å². The van der Waals surface area contributed by atoms with Crippen molar-refractivity contribution >= 4 is 12.0 Å². The van der Waals surface area contributed by atoms with Gasteiger partial charge in [-0.05, 0) is 19.3 Å². The van der Waals surface area contributed by atoms with Crippen molar-refractivity contribution in [1.29, 1.82) is 0 Å². The second kappa shape index (κ2) is 5.75. The lowest BCUT2D eigenvalue weighted by Crippen LogP contribution is -2.44. The van der Waals surface area contributed by atoms with Gasteiger partial charge < -0.3 is 20.3 Å². The number of likely N-dealkylation sites (tertiary alicyclic amines) is 1. The average Bonchev–Trinajstić information content (AvgIpc) is 3.09. The topological polar surface area (TPSA) is 98.3 Å². The van der Waals surface area contributed by atoms with E-state index in [-0.39, 0.29) is 24.5 Å². The molecule has 3 N–H and O–H groups in total. The van der Waals surface area contributed by atoms with Crippen LogP contribution in [0.25, 0.3) is 0 Å². The van der Waals surface area contributed by atoms with E-state index in [2.05, 4.69) is 15.3 Å². The summed E-state index contributed by atoms with van der Waals surface area (Å²) >= 11 is 0. The van der Waals surface area contributed by atoms with Gasteiger partial charge >= 0.3 is 12.0 Å². The Balaban J connectivity index is 2.00. The number of aliphatic carboxylic acids is 1. The van der Waals surface area contributed by atoms with Crippen molar-refractivity contribution in [2.75, 3.05) is 13.1 Å². The highest BCUT2D eigenvalue weighted by Gasteiger charge is 2.48. The summed E-state index contributed by atoms with van der Waals surface area (Å²) in [5, 5.41) is 12.3. The Bertz CT molecular complexity index is 514. The fourth-order valence-corrected chi connectivity index (χ4v) is 2.76. The summed E-state index contributed by atoms with van der Waals surface area (Å²) < 4.78 is 0. The van der Waals surface area contributed by atoms with E-state index in [4.69, 9.17) is 0 Å². The van der Waals surface area contributed by atoms with Gasteiger partial charge in [-0.1, -0.05) is 13.8 Å². The third-order valence-electron chi connectivity index (χ3n) is 4.39. The Morgan fingerprint density at radius 2 is 2.19 bits per heavy atom. The van der Waals surface area contributed by atoms with Crippen LogP contribution in [-0.2, 0) is 4.79 Å². The van der Waals surface area contributed by atoms with Crippen molar-refractivity contribution < 1.29 is 14.7 Å². The van der Waals surface area contributed by atoms with Crippen LogP contribution in [0.15, 0.2) is 12.4 Å². The van der Waals surface area contributed by atoms with Crippen LogP contribution in [0.5, 0.6) is 0 Å². The van der Waals surface area contributed by atoms with Crippen LogP contribution in [0.3, 0.4) is 0 Å². The molecule has 2 atom stereocenters. The lowest BCUT2D eigenvalue weighted by Gasteiger charge is -2.29. The summed E-state index contributed by atoms with van der Waals surface area (Å²) in [6, 6.07) is -0.492. The standard InChI is InChI=1S/C14H22N4O3/c1-9(2)14(12(19)20)4-7-18(8-14)13(21)17-10(3)11-15-5-6-16-11/h5-6,9-10H,4,7-8H2,1-3H3,(H,15,16)(H,17,21)(H,19,20). The third-order valence-corrected chi connectivity index (χ3v) is 4.39. The lowest BCUT2D eigenvalue weighted by atomic mass is 9.76. The SMILES string of the molecule is CC(NC(=O)N1CCC(C(=O)O)(C(C)C)C1)c1ncc[nH]1. The number of nitrogens with zero attached hydrogens (tertiary/aromatic N) is 2. The van der Waals surface area contributed by atoms with Crippen molar-refractivity contribution in [3.63, 3.8) is 0 Å². The first-order chi connectivity index (χ1) is 9.86. The molecule has 0 spiro atoms. The fourth-order valence-electron chi connectivity index (χ4n) is 2.76. The number of hydrogen-bond acceptors (Lipinski definition) is 3. The van der Waals surface area contributed by atoms with E-state index in [0.29, 0.717) is 18.8 Å². The second-order valence-electron chi connectivity index (χ2n) is 5.93. The molecule has 0 aromatic carbocycles. The molecule has 0 radical (unpaired) electrons. The first-order valence-electron chi connectivity index (χ1n) is 7.15. The van der Waals surface area contributed by atoms with Gasteiger partial charge in [0.1, 0.15) is 5.82 Å². The van der Waals surface area contributed by atoms with Crippen LogP contribution in [0.4, 0.5) is 4.79 Å². The summed E-state index contributed by atoms with van der Waals surface area (Å²) in [5.41, 5.74) is -0.842. The molecule has 1 aromatic heterocycles. The molecule has 116 valence electrons. The van der Waals surface area contributed by atoms with Gasteiger partial charge in [-0.15, -0.1) is 0 Å². The van der Waals surface area contributed by atoms with Crippen molar-refractivity contribution in [3.05, 3.63) is 18.2 Å². The molecule has 2 amide bonds. The minimum Gasteiger partial charge on any atom is -0.481 e. The van der Waals surface area contributed by atoms with Crippen molar-refractivity contribution in [3.8, 4) is 0 Å². The van der Waals surface area contributed by atoms with E-state index >= 15 is 0 Å². The predicted molar refractivity (Wildman–Crippen MR) is 76.6 cm³/mol. The van der Waals surface area contributed by atoms with Gasteiger partial charge in [0.2, 0.25) is 0 Å². The first-order valence-corrected chi connectivity index (χ1v) is 7.15. The average molecular weight is 294 g/mol. The summed E-state index contributed by atoms with van der Waals surface area (Å²) in [6.45, 7) is 6.32. The summed E-state index contributed by atoms with van der Waals surface area (Å²) in [5.74, 6) is -0.168. The Labute approximate surface area is 123 Å². The number of carbonyl (C=O) groups is 2. The van der Waals surface area contributed by atoms with E-state index in [1.807, 2.05) is 20.8 Å². The number of hydrogen-bond donors (Lipinski definition) is 3. The maximum absolute atomic E-state index is 12.3. The number of H-pyrrole nitrogens is 1. The number of aromatic amines is 1. The number of amides is 2. The number of urea groups is 1. The molecule has 2 unspecified atom stereocenters.